The van der Waals surface area contributed by atoms with Crippen LogP contribution in [0.1, 0.15) is 99.3 Å². The summed E-state index contributed by atoms with van der Waals surface area (Å²) in [5.41, 5.74) is 2.00. The number of rotatable bonds is 7. The molecular formula is C30H52O3. The van der Waals surface area contributed by atoms with Crippen molar-refractivity contribution in [2.45, 2.75) is 118 Å². The maximum Gasteiger partial charge on any atom is 0.0788 e. The molecule has 0 heterocycles. The fourth-order valence-corrected chi connectivity index (χ4v) is 9.44. The lowest BCUT2D eigenvalue weighted by Gasteiger charge is -2.60. The van der Waals surface area contributed by atoms with Crippen molar-refractivity contribution in [3.8, 4) is 0 Å². The van der Waals surface area contributed by atoms with Crippen molar-refractivity contribution in [3.05, 3.63) is 11.6 Å². The van der Waals surface area contributed by atoms with Crippen LogP contribution in [-0.4, -0.2) is 35.6 Å². The van der Waals surface area contributed by atoms with Gasteiger partial charge in [-0.1, -0.05) is 59.6 Å². The molecule has 0 aromatic rings. The van der Waals surface area contributed by atoms with E-state index in [1.807, 2.05) is 7.11 Å². The molecule has 4 aliphatic carbocycles. The van der Waals surface area contributed by atoms with E-state index in [-0.39, 0.29) is 23.7 Å². The number of hydrogen-bond donors (Lipinski definition) is 2. The van der Waals surface area contributed by atoms with E-state index in [4.69, 9.17) is 4.74 Å². The highest BCUT2D eigenvalue weighted by Gasteiger charge is 2.61. The van der Waals surface area contributed by atoms with Gasteiger partial charge in [0, 0.05) is 7.11 Å². The molecule has 3 fully saturated rings. The zero-order valence-corrected chi connectivity index (χ0v) is 22.5. The van der Waals surface area contributed by atoms with Gasteiger partial charge in [0.25, 0.3) is 0 Å². The largest absolute Gasteiger partial charge is 0.393 e. The lowest BCUT2D eigenvalue weighted by Crippen LogP contribution is -2.55. The molecule has 11 atom stereocenters. The Hall–Kier alpha value is -0.380. The molecule has 0 aromatic heterocycles. The molecule has 3 nitrogen and oxygen atoms in total. The van der Waals surface area contributed by atoms with Gasteiger partial charge < -0.3 is 14.9 Å². The molecule has 2 N–H and O–H groups in total. The van der Waals surface area contributed by atoms with Crippen LogP contribution in [-0.2, 0) is 4.74 Å². The molecular weight excluding hydrogens is 408 g/mol. The zero-order chi connectivity index (χ0) is 24.1. The summed E-state index contributed by atoms with van der Waals surface area (Å²) in [4.78, 5) is 0. The first kappa shape index (κ1) is 25.7. The van der Waals surface area contributed by atoms with Crippen molar-refractivity contribution in [1.29, 1.82) is 0 Å². The normalized spacial score (nSPS) is 45.6. The zero-order valence-electron chi connectivity index (χ0n) is 22.5. The molecule has 0 aromatic carbocycles. The van der Waals surface area contributed by atoms with E-state index in [0.717, 1.165) is 32.1 Å². The first-order valence-electron chi connectivity index (χ1n) is 14.2. The third-order valence-corrected chi connectivity index (χ3v) is 11.7. The lowest BCUT2D eigenvalue weighted by atomic mass is 9.46. The van der Waals surface area contributed by atoms with Crippen LogP contribution in [0.5, 0.6) is 0 Å². The number of hydrogen-bond acceptors (Lipinski definition) is 3. The lowest BCUT2D eigenvalue weighted by molar-refractivity contribution is -0.111. The van der Waals surface area contributed by atoms with E-state index >= 15 is 0 Å². The summed E-state index contributed by atoms with van der Waals surface area (Å²) in [6.07, 6.45) is 12.3. The number of fused-ring (bicyclic) bond motifs is 5. The van der Waals surface area contributed by atoms with Crippen LogP contribution in [0.3, 0.4) is 0 Å². The van der Waals surface area contributed by atoms with Gasteiger partial charge >= 0.3 is 0 Å². The van der Waals surface area contributed by atoms with E-state index in [1.165, 1.54) is 31.3 Å². The van der Waals surface area contributed by atoms with Crippen LogP contribution in [0.15, 0.2) is 11.6 Å². The summed E-state index contributed by atoms with van der Waals surface area (Å²) in [6, 6.07) is 0. The summed E-state index contributed by atoms with van der Waals surface area (Å²) in [5.74, 6) is 4.13. The predicted molar refractivity (Wildman–Crippen MR) is 136 cm³/mol. The SMILES string of the molecule is CCC(CC(O)C(C)C1CCC2C3C(OC)C=C4CC(O)CCC4(C)C3CCC12C)C(C)C. The Morgan fingerprint density at radius 2 is 1.79 bits per heavy atom. The first-order chi connectivity index (χ1) is 15.6. The van der Waals surface area contributed by atoms with Crippen LogP contribution in [0.4, 0.5) is 0 Å². The topological polar surface area (TPSA) is 49.7 Å². The van der Waals surface area contributed by atoms with Crippen LogP contribution in [0.25, 0.3) is 0 Å². The molecule has 3 saturated carbocycles. The van der Waals surface area contributed by atoms with Gasteiger partial charge in [-0.15, -0.1) is 0 Å². The molecule has 33 heavy (non-hydrogen) atoms. The third-order valence-electron chi connectivity index (χ3n) is 11.7. The molecule has 0 aliphatic heterocycles. The van der Waals surface area contributed by atoms with E-state index in [9.17, 15) is 10.2 Å². The van der Waals surface area contributed by atoms with Gasteiger partial charge in [0.2, 0.25) is 0 Å². The predicted octanol–water partition coefficient (Wildman–Crippen LogP) is 6.62. The van der Waals surface area contributed by atoms with Gasteiger partial charge in [0.1, 0.15) is 0 Å². The van der Waals surface area contributed by atoms with Crippen molar-refractivity contribution in [2.24, 2.45) is 52.3 Å². The van der Waals surface area contributed by atoms with Crippen LogP contribution < -0.4 is 0 Å². The quantitative estimate of drug-likeness (QED) is 0.420. The third kappa shape index (κ3) is 4.27. The molecule has 4 aliphatic rings. The molecule has 3 heteroatoms. The molecule has 0 radical (unpaired) electrons. The molecule has 11 unspecified atom stereocenters. The van der Waals surface area contributed by atoms with Crippen molar-refractivity contribution in [1.82, 2.24) is 0 Å². The second-order valence-corrected chi connectivity index (χ2v) is 13.3. The molecule has 0 bridgehead atoms. The van der Waals surface area contributed by atoms with Crippen molar-refractivity contribution in [2.75, 3.05) is 7.11 Å². The van der Waals surface area contributed by atoms with Crippen molar-refractivity contribution < 1.29 is 14.9 Å². The minimum atomic E-state index is -0.191. The highest BCUT2D eigenvalue weighted by molar-refractivity contribution is 5.28. The highest BCUT2D eigenvalue weighted by Crippen LogP contribution is 2.67. The van der Waals surface area contributed by atoms with E-state index in [1.54, 1.807) is 0 Å². The Bertz CT molecular complexity index is 715. The van der Waals surface area contributed by atoms with Gasteiger partial charge in [-0.25, -0.2) is 0 Å². The first-order valence-corrected chi connectivity index (χ1v) is 14.2. The Balaban J connectivity index is 1.57. The molecule has 0 spiro atoms. The number of methoxy groups -OCH3 is 1. The van der Waals surface area contributed by atoms with E-state index in [2.05, 4.69) is 47.6 Å². The maximum absolute atomic E-state index is 11.3. The molecule has 190 valence electrons. The summed E-state index contributed by atoms with van der Waals surface area (Å²) in [6.45, 7) is 14.3. The number of aliphatic hydroxyl groups is 2. The van der Waals surface area contributed by atoms with Crippen molar-refractivity contribution in [3.63, 3.8) is 0 Å². The minimum absolute atomic E-state index is 0.178. The minimum Gasteiger partial charge on any atom is -0.393 e. The molecule has 0 saturated heterocycles. The smallest absolute Gasteiger partial charge is 0.0788 e. The maximum atomic E-state index is 11.3. The van der Waals surface area contributed by atoms with Gasteiger partial charge in [0.05, 0.1) is 18.3 Å². The highest BCUT2D eigenvalue weighted by atomic mass is 16.5. The summed E-state index contributed by atoms with van der Waals surface area (Å²) >= 11 is 0. The summed E-state index contributed by atoms with van der Waals surface area (Å²) in [5, 5.41) is 21.7. The average molecular weight is 461 g/mol. The van der Waals surface area contributed by atoms with E-state index in [0.29, 0.717) is 46.8 Å². The summed E-state index contributed by atoms with van der Waals surface area (Å²) in [7, 11) is 1.89. The fourth-order valence-electron chi connectivity index (χ4n) is 9.44. The number of aliphatic hydroxyl groups excluding tert-OH is 2. The second-order valence-electron chi connectivity index (χ2n) is 13.3. The molecule has 0 amide bonds. The summed E-state index contributed by atoms with van der Waals surface area (Å²) < 4.78 is 6.17. The Labute approximate surface area is 203 Å². The Morgan fingerprint density at radius 1 is 1.06 bits per heavy atom. The van der Waals surface area contributed by atoms with Gasteiger partial charge in [-0.3, -0.25) is 0 Å². The Morgan fingerprint density at radius 3 is 2.42 bits per heavy atom. The van der Waals surface area contributed by atoms with Crippen LogP contribution >= 0.6 is 0 Å². The van der Waals surface area contributed by atoms with Crippen LogP contribution in [0, 0.1) is 52.3 Å². The molecule has 4 rings (SSSR count). The monoisotopic (exact) mass is 460 g/mol. The standard InChI is InChI=1S/C30H52O3/c1-8-20(18(2)3)15-26(32)19(4)23-9-10-24-28-25(12-14-30(23,24)6)29(5)13-11-22(31)16-21(29)17-27(28)33-7/h17-20,22-28,31-32H,8-16H2,1-7H3. The van der Waals surface area contributed by atoms with E-state index < -0.39 is 0 Å². The average Bonchev–Trinajstić information content (AvgIpc) is 3.13. The van der Waals surface area contributed by atoms with Gasteiger partial charge in [0.15, 0.2) is 0 Å². The second kappa shape index (κ2) is 9.58. The van der Waals surface area contributed by atoms with Gasteiger partial charge in [-0.05, 0) is 104 Å². The Kier molecular flexibility index (Phi) is 7.46. The van der Waals surface area contributed by atoms with Crippen molar-refractivity contribution >= 4 is 0 Å². The number of ether oxygens (including phenoxy) is 1. The fraction of sp³-hybridized carbons (Fsp3) is 0.933. The van der Waals surface area contributed by atoms with Gasteiger partial charge in [-0.2, -0.15) is 0 Å². The van der Waals surface area contributed by atoms with Crippen LogP contribution in [0.2, 0.25) is 0 Å².